The number of sulfonamides is 1. The summed E-state index contributed by atoms with van der Waals surface area (Å²) in [4.78, 5) is 13.5. The molecule has 8 heteroatoms. The summed E-state index contributed by atoms with van der Waals surface area (Å²) in [6.07, 6.45) is -0.493. The van der Waals surface area contributed by atoms with E-state index < -0.39 is 27.8 Å². The van der Waals surface area contributed by atoms with Gasteiger partial charge >= 0.3 is 6.09 Å². The van der Waals surface area contributed by atoms with Crippen molar-refractivity contribution in [3.63, 3.8) is 0 Å². The van der Waals surface area contributed by atoms with Crippen LogP contribution in [0.1, 0.15) is 27.2 Å². The van der Waals surface area contributed by atoms with E-state index in [9.17, 15) is 13.2 Å². The number of carbonyl (C=O) groups is 1. The Morgan fingerprint density at radius 1 is 1.48 bits per heavy atom. The normalized spacial score (nSPS) is 20.7. The van der Waals surface area contributed by atoms with Gasteiger partial charge in [-0.1, -0.05) is 6.58 Å². The monoisotopic (exact) mass is 315 g/mol. The highest BCUT2D eigenvalue weighted by Gasteiger charge is 2.36. The molecule has 0 aliphatic carbocycles. The summed E-state index contributed by atoms with van der Waals surface area (Å²) in [6.45, 7) is 9.05. The van der Waals surface area contributed by atoms with Crippen LogP contribution in [0.25, 0.3) is 0 Å². The first-order valence-corrected chi connectivity index (χ1v) is 8.10. The van der Waals surface area contributed by atoms with Gasteiger partial charge in [0.15, 0.2) is 0 Å². The number of nitriles is 1. The first-order valence-electron chi connectivity index (χ1n) is 6.60. The Labute approximate surface area is 125 Å². The van der Waals surface area contributed by atoms with Gasteiger partial charge in [0.05, 0.1) is 18.5 Å². The number of hydrogen-bond donors (Lipinski definition) is 0. The van der Waals surface area contributed by atoms with Crippen molar-refractivity contribution in [2.75, 3.05) is 19.6 Å². The highest BCUT2D eigenvalue weighted by atomic mass is 32.2. The van der Waals surface area contributed by atoms with Crippen LogP contribution < -0.4 is 0 Å². The fraction of sp³-hybridized carbons (Fsp3) is 0.692. The van der Waals surface area contributed by atoms with Gasteiger partial charge < -0.3 is 9.64 Å². The van der Waals surface area contributed by atoms with Gasteiger partial charge in [-0.05, 0) is 20.8 Å². The molecule has 0 spiro atoms. The molecule has 0 bridgehead atoms. The van der Waals surface area contributed by atoms with Crippen molar-refractivity contribution in [2.45, 2.75) is 38.8 Å². The second-order valence-corrected chi connectivity index (χ2v) is 7.60. The molecule has 0 N–H and O–H groups in total. The molecule has 0 aromatic rings. The predicted molar refractivity (Wildman–Crippen MR) is 77.6 cm³/mol. The van der Waals surface area contributed by atoms with Gasteiger partial charge in [-0.3, -0.25) is 0 Å². The Balaban J connectivity index is 2.85. The van der Waals surface area contributed by atoms with Gasteiger partial charge in [0, 0.05) is 25.0 Å². The fourth-order valence-electron chi connectivity index (χ4n) is 2.03. The molecule has 0 aromatic carbocycles. The van der Waals surface area contributed by atoms with Crippen LogP contribution >= 0.6 is 0 Å². The molecular weight excluding hydrogens is 294 g/mol. The van der Waals surface area contributed by atoms with Gasteiger partial charge in [0.2, 0.25) is 10.0 Å². The van der Waals surface area contributed by atoms with E-state index in [0.717, 1.165) is 5.41 Å². The largest absolute Gasteiger partial charge is 0.444 e. The van der Waals surface area contributed by atoms with Crippen LogP contribution in [0.2, 0.25) is 0 Å². The Kier molecular flexibility index (Phi) is 5.36. The van der Waals surface area contributed by atoms with E-state index in [-0.39, 0.29) is 26.1 Å². The van der Waals surface area contributed by atoms with Gasteiger partial charge in [-0.2, -0.15) is 9.57 Å². The first kappa shape index (κ1) is 17.5. The number of piperazine rings is 1. The Morgan fingerprint density at radius 3 is 2.57 bits per heavy atom. The van der Waals surface area contributed by atoms with Crippen molar-refractivity contribution in [3.05, 3.63) is 12.0 Å². The Morgan fingerprint density at radius 2 is 2.10 bits per heavy atom. The van der Waals surface area contributed by atoms with Crippen LogP contribution in [0.5, 0.6) is 0 Å². The molecule has 1 amide bonds. The fourth-order valence-corrected chi connectivity index (χ4v) is 3.12. The molecule has 0 unspecified atom stereocenters. The van der Waals surface area contributed by atoms with E-state index in [1.165, 1.54) is 9.21 Å². The Hall–Kier alpha value is -1.59. The zero-order valence-electron chi connectivity index (χ0n) is 12.6. The van der Waals surface area contributed by atoms with Crippen LogP contribution in [0, 0.1) is 11.3 Å². The minimum Gasteiger partial charge on any atom is -0.444 e. The third-order valence-corrected chi connectivity index (χ3v) is 4.50. The van der Waals surface area contributed by atoms with E-state index in [2.05, 4.69) is 6.58 Å². The average molecular weight is 315 g/mol. The molecule has 21 heavy (non-hydrogen) atoms. The highest BCUT2D eigenvalue weighted by molar-refractivity contribution is 7.92. The zero-order chi connectivity index (χ0) is 16.3. The number of nitrogens with zero attached hydrogens (tertiary/aromatic N) is 3. The molecule has 1 heterocycles. The van der Waals surface area contributed by atoms with Gasteiger partial charge in [0.25, 0.3) is 0 Å². The minimum atomic E-state index is -3.61. The number of rotatable bonds is 3. The van der Waals surface area contributed by atoms with Crippen molar-refractivity contribution < 1.29 is 17.9 Å². The molecule has 7 nitrogen and oxygen atoms in total. The van der Waals surface area contributed by atoms with E-state index in [4.69, 9.17) is 10.00 Å². The lowest BCUT2D eigenvalue weighted by Gasteiger charge is -2.39. The number of carbonyl (C=O) groups excluding carboxylic acids is 1. The topological polar surface area (TPSA) is 90.7 Å². The summed E-state index contributed by atoms with van der Waals surface area (Å²) < 4.78 is 30.3. The first-order chi connectivity index (χ1) is 9.60. The maximum atomic E-state index is 12.0. The van der Waals surface area contributed by atoms with E-state index in [1.807, 2.05) is 6.07 Å². The summed E-state index contributed by atoms with van der Waals surface area (Å²) in [6, 6.07) is 1.37. The predicted octanol–water partition coefficient (Wildman–Crippen LogP) is 1.29. The molecule has 118 valence electrons. The molecule has 1 fully saturated rings. The van der Waals surface area contributed by atoms with Gasteiger partial charge in [-0.15, -0.1) is 0 Å². The Bertz CT molecular complexity index is 545. The third kappa shape index (κ3) is 4.72. The smallest absolute Gasteiger partial charge is 0.410 e. The van der Waals surface area contributed by atoms with E-state index >= 15 is 0 Å². The van der Waals surface area contributed by atoms with Crippen molar-refractivity contribution in [1.82, 2.24) is 9.21 Å². The molecule has 0 radical (unpaired) electrons. The molecule has 0 aromatic heterocycles. The SMILES string of the molecule is C=CS(=O)(=O)N1CCN(C(=O)OC(C)(C)C)C[C@@H]1CC#N. The highest BCUT2D eigenvalue weighted by Crippen LogP contribution is 2.20. The van der Waals surface area contributed by atoms with E-state index in [1.54, 1.807) is 20.8 Å². The number of amides is 1. The molecule has 1 aliphatic rings. The zero-order valence-corrected chi connectivity index (χ0v) is 13.4. The molecule has 1 rings (SSSR count). The van der Waals surface area contributed by atoms with Crippen LogP contribution in [-0.2, 0) is 14.8 Å². The quantitative estimate of drug-likeness (QED) is 0.783. The van der Waals surface area contributed by atoms with Gasteiger partial charge in [0.1, 0.15) is 5.60 Å². The minimum absolute atomic E-state index is 0.00632. The lowest BCUT2D eigenvalue weighted by molar-refractivity contribution is 0.0136. The molecule has 1 atom stereocenters. The molecule has 1 aliphatic heterocycles. The third-order valence-electron chi connectivity index (χ3n) is 2.94. The van der Waals surface area contributed by atoms with Crippen LogP contribution in [0.15, 0.2) is 12.0 Å². The van der Waals surface area contributed by atoms with Crippen molar-refractivity contribution in [2.24, 2.45) is 0 Å². The van der Waals surface area contributed by atoms with Crippen molar-refractivity contribution in [1.29, 1.82) is 5.26 Å². The van der Waals surface area contributed by atoms with Gasteiger partial charge in [-0.25, -0.2) is 13.2 Å². The summed E-state index contributed by atoms with van der Waals surface area (Å²) in [5, 5.41) is 9.72. The van der Waals surface area contributed by atoms with Crippen molar-refractivity contribution >= 4 is 16.1 Å². The van der Waals surface area contributed by atoms with E-state index in [0.29, 0.717) is 0 Å². The average Bonchev–Trinajstić information content (AvgIpc) is 2.37. The number of ether oxygens (including phenoxy) is 1. The van der Waals surface area contributed by atoms with Crippen LogP contribution in [0.3, 0.4) is 0 Å². The lowest BCUT2D eigenvalue weighted by Crippen LogP contribution is -2.56. The second kappa shape index (κ2) is 6.45. The molecule has 1 saturated heterocycles. The molecular formula is C13H21N3O4S. The van der Waals surface area contributed by atoms with Crippen LogP contribution in [-0.4, -0.2) is 55.0 Å². The standard InChI is InChI=1S/C13H21N3O4S/c1-5-21(18,19)16-9-8-15(10-11(16)6-7-14)12(17)20-13(2,3)4/h5,11H,1,6,8-10H2,2-4H3/t11-/m0/s1. The maximum Gasteiger partial charge on any atom is 0.410 e. The number of hydrogen-bond acceptors (Lipinski definition) is 5. The van der Waals surface area contributed by atoms with Crippen LogP contribution in [0.4, 0.5) is 4.79 Å². The molecule has 0 saturated carbocycles. The second-order valence-electron chi connectivity index (χ2n) is 5.76. The lowest BCUT2D eigenvalue weighted by atomic mass is 10.1. The van der Waals surface area contributed by atoms with Crippen molar-refractivity contribution in [3.8, 4) is 6.07 Å². The summed E-state index contributed by atoms with van der Waals surface area (Å²) in [5.74, 6) is 0. The summed E-state index contributed by atoms with van der Waals surface area (Å²) in [5.41, 5.74) is -0.619. The summed E-state index contributed by atoms with van der Waals surface area (Å²) >= 11 is 0. The summed E-state index contributed by atoms with van der Waals surface area (Å²) in [7, 11) is -3.61. The maximum absolute atomic E-state index is 12.0.